The molecular weight excluding hydrogens is 174 g/mol. The minimum Gasteiger partial charge on any atom is -0.495 e. The molecule has 0 radical (unpaired) electrons. The van der Waals surface area contributed by atoms with E-state index in [9.17, 15) is 0 Å². The van der Waals surface area contributed by atoms with Crippen molar-refractivity contribution in [1.29, 1.82) is 0 Å². The second-order valence-corrected chi connectivity index (χ2v) is 3.66. The summed E-state index contributed by atoms with van der Waals surface area (Å²) in [4.78, 5) is 0. The van der Waals surface area contributed by atoms with Gasteiger partial charge in [0.2, 0.25) is 0 Å². The largest absolute Gasteiger partial charge is 0.495 e. The molecule has 0 amide bonds. The first-order chi connectivity index (χ1) is 6.67. The fourth-order valence-electron chi connectivity index (χ4n) is 1.30. The normalized spacial score (nSPS) is 12.3. The second kappa shape index (κ2) is 4.89. The van der Waals surface area contributed by atoms with E-state index >= 15 is 0 Å². The lowest BCUT2D eigenvalue weighted by atomic mass is 10.2. The van der Waals surface area contributed by atoms with E-state index in [0.29, 0.717) is 6.04 Å². The van der Waals surface area contributed by atoms with Crippen molar-refractivity contribution in [3.05, 3.63) is 23.8 Å². The standard InChI is InChI=1S/C12H19NO/c1-5-10(3)13-11-8-9(2)6-7-12(11)14-4/h6-8,10,13H,5H2,1-4H3/t10-/m0/s1. The van der Waals surface area contributed by atoms with Gasteiger partial charge in [0.05, 0.1) is 12.8 Å². The highest BCUT2D eigenvalue weighted by Crippen LogP contribution is 2.26. The van der Waals surface area contributed by atoms with E-state index in [1.807, 2.05) is 6.07 Å². The Bertz CT molecular complexity index is 296. The van der Waals surface area contributed by atoms with Gasteiger partial charge in [0.15, 0.2) is 0 Å². The Morgan fingerprint density at radius 1 is 1.43 bits per heavy atom. The summed E-state index contributed by atoms with van der Waals surface area (Å²) >= 11 is 0. The van der Waals surface area contributed by atoms with Gasteiger partial charge in [0.1, 0.15) is 5.75 Å². The summed E-state index contributed by atoms with van der Waals surface area (Å²) in [6, 6.07) is 6.65. The molecule has 0 aliphatic carbocycles. The molecular formula is C12H19NO. The molecule has 1 aromatic rings. The Labute approximate surface area is 86.3 Å². The molecule has 1 N–H and O–H groups in total. The topological polar surface area (TPSA) is 21.3 Å². The Kier molecular flexibility index (Phi) is 3.81. The first kappa shape index (κ1) is 10.9. The van der Waals surface area contributed by atoms with Crippen molar-refractivity contribution in [3.63, 3.8) is 0 Å². The van der Waals surface area contributed by atoms with Crippen LogP contribution in [0.15, 0.2) is 18.2 Å². The van der Waals surface area contributed by atoms with E-state index in [1.165, 1.54) is 5.56 Å². The van der Waals surface area contributed by atoms with Crippen molar-refractivity contribution < 1.29 is 4.74 Å². The van der Waals surface area contributed by atoms with Crippen LogP contribution in [0.1, 0.15) is 25.8 Å². The average Bonchev–Trinajstić information content (AvgIpc) is 2.18. The summed E-state index contributed by atoms with van der Waals surface area (Å²) < 4.78 is 5.28. The molecule has 14 heavy (non-hydrogen) atoms. The van der Waals surface area contributed by atoms with Gasteiger partial charge in [0.25, 0.3) is 0 Å². The molecule has 0 fully saturated rings. The van der Waals surface area contributed by atoms with Gasteiger partial charge in [-0.05, 0) is 38.0 Å². The van der Waals surface area contributed by atoms with E-state index in [0.717, 1.165) is 17.9 Å². The zero-order chi connectivity index (χ0) is 10.6. The Balaban J connectivity index is 2.87. The summed E-state index contributed by atoms with van der Waals surface area (Å²) in [7, 11) is 1.70. The van der Waals surface area contributed by atoms with Crippen LogP contribution in [-0.4, -0.2) is 13.2 Å². The Hall–Kier alpha value is -1.18. The summed E-state index contributed by atoms with van der Waals surface area (Å²) in [6.45, 7) is 6.42. The Morgan fingerprint density at radius 3 is 2.71 bits per heavy atom. The van der Waals surface area contributed by atoms with Crippen LogP contribution in [0.3, 0.4) is 0 Å². The third kappa shape index (κ3) is 2.66. The monoisotopic (exact) mass is 193 g/mol. The van der Waals surface area contributed by atoms with E-state index in [4.69, 9.17) is 4.74 Å². The predicted octanol–water partition coefficient (Wildman–Crippen LogP) is 3.21. The van der Waals surface area contributed by atoms with Crippen LogP contribution in [0.4, 0.5) is 5.69 Å². The number of methoxy groups -OCH3 is 1. The summed E-state index contributed by atoms with van der Waals surface area (Å²) in [5.41, 5.74) is 2.33. The van der Waals surface area contributed by atoms with Crippen LogP contribution < -0.4 is 10.1 Å². The molecule has 2 heteroatoms. The highest BCUT2D eigenvalue weighted by Gasteiger charge is 2.05. The van der Waals surface area contributed by atoms with Crippen LogP contribution in [0, 0.1) is 6.92 Å². The molecule has 1 rings (SSSR count). The maximum atomic E-state index is 5.28. The van der Waals surface area contributed by atoms with Crippen LogP contribution in [0.25, 0.3) is 0 Å². The van der Waals surface area contributed by atoms with Crippen molar-refractivity contribution in [3.8, 4) is 5.75 Å². The lowest BCUT2D eigenvalue weighted by molar-refractivity contribution is 0.416. The molecule has 0 unspecified atom stereocenters. The van der Waals surface area contributed by atoms with Gasteiger partial charge in [-0.3, -0.25) is 0 Å². The molecule has 1 aromatic carbocycles. The number of benzene rings is 1. The quantitative estimate of drug-likeness (QED) is 0.792. The van der Waals surface area contributed by atoms with Crippen molar-refractivity contribution in [2.45, 2.75) is 33.2 Å². The van der Waals surface area contributed by atoms with Crippen molar-refractivity contribution >= 4 is 5.69 Å². The zero-order valence-electron chi connectivity index (χ0n) is 9.42. The first-order valence-corrected chi connectivity index (χ1v) is 5.08. The summed E-state index contributed by atoms with van der Waals surface area (Å²) in [5.74, 6) is 0.913. The van der Waals surface area contributed by atoms with Gasteiger partial charge in [0, 0.05) is 6.04 Å². The van der Waals surface area contributed by atoms with Crippen LogP contribution in [0.5, 0.6) is 5.75 Å². The van der Waals surface area contributed by atoms with Gasteiger partial charge < -0.3 is 10.1 Å². The fourth-order valence-corrected chi connectivity index (χ4v) is 1.30. The van der Waals surface area contributed by atoms with E-state index in [2.05, 4.69) is 38.2 Å². The minimum absolute atomic E-state index is 0.477. The number of hydrogen-bond donors (Lipinski definition) is 1. The zero-order valence-corrected chi connectivity index (χ0v) is 9.42. The maximum absolute atomic E-state index is 5.28. The third-order valence-corrected chi connectivity index (χ3v) is 2.37. The van der Waals surface area contributed by atoms with Gasteiger partial charge in [-0.1, -0.05) is 13.0 Å². The van der Waals surface area contributed by atoms with E-state index < -0.39 is 0 Å². The fraction of sp³-hybridized carbons (Fsp3) is 0.500. The molecule has 0 aromatic heterocycles. The van der Waals surface area contributed by atoms with Gasteiger partial charge >= 0.3 is 0 Å². The van der Waals surface area contributed by atoms with Crippen molar-refractivity contribution in [2.24, 2.45) is 0 Å². The molecule has 0 saturated heterocycles. The minimum atomic E-state index is 0.477. The lowest BCUT2D eigenvalue weighted by Gasteiger charge is -2.16. The predicted molar refractivity (Wildman–Crippen MR) is 61.1 cm³/mol. The molecule has 0 aliphatic heterocycles. The molecule has 0 aliphatic rings. The number of anilines is 1. The van der Waals surface area contributed by atoms with Crippen molar-refractivity contribution in [2.75, 3.05) is 12.4 Å². The number of aryl methyl sites for hydroxylation is 1. The van der Waals surface area contributed by atoms with Crippen LogP contribution in [-0.2, 0) is 0 Å². The molecule has 78 valence electrons. The molecule has 0 saturated carbocycles. The highest BCUT2D eigenvalue weighted by atomic mass is 16.5. The molecule has 0 spiro atoms. The van der Waals surface area contributed by atoms with E-state index in [1.54, 1.807) is 7.11 Å². The number of nitrogens with one attached hydrogen (secondary N) is 1. The number of hydrogen-bond acceptors (Lipinski definition) is 2. The van der Waals surface area contributed by atoms with E-state index in [-0.39, 0.29) is 0 Å². The SMILES string of the molecule is CC[C@H](C)Nc1cc(C)ccc1OC. The van der Waals surface area contributed by atoms with Crippen LogP contribution >= 0.6 is 0 Å². The number of ether oxygens (including phenoxy) is 1. The molecule has 2 nitrogen and oxygen atoms in total. The smallest absolute Gasteiger partial charge is 0.141 e. The second-order valence-electron chi connectivity index (χ2n) is 3.66. The highest BCUT2D eigenvalue weighted by molar-refractivity contribution is 5.58. The molecule has 1 atom stereocenters. The molecule has 0 heterocycles. The van der Waals surface area contributed by atoms with Gasteiger partial charge in [-0.2, -0.15) is 0 Å². The van der Waals surface area contributed by atoms with Crippen molar-refractivity contribution in [1.82, 2.24) is 0 Å². The summed E-state index contributed by atoms with van der Waals surface area (Å²) in [6.07, 6.45) is 1.11. The summed E-state index contributed by atoms with van der Waals surface area (Å²) in [5, 5.41) is 3.43. The maximum Gasteiger partial charge on any atom is 0.141 e. The van der Waals surface area contributed by atoms with Gasteiger partial charge in [-0.25, -0.2) is 0 Å². The van der Waals surface area contributed by atoms with Gasteiger partial charge in [-0.15, -0.1) is 0 Å². The average molecular weight is 193 g/mol. The third-order valence-electron chi connectivity index (χ3n) is 2.37. The molecule has 0 bridgehead atoms. The van der Waals surface area contributed by atoms with Crippen LogP contribution in [0.2, 0.25) is 0 Å². The lowest BCUT2D eigenvalue weighted by Crippen LogP contribution is -2.14. The first-order valence-electron chi connectivity index (χ1n) is 5.08. The number of rotatable bonds is 4. The Morgan fingerprint density at radius 2 is 2.14 bits per heavy atom.